The molecule has 2 aromatic rings. The van der Waals surface area contributed by atoms with E-state index < -0.39 is 0 Å². The van der Waals surface area contributed by atoms with Crippen LogP contribution in [0.1, 0.15) is 5.56 Å². The number of benzene rings is 2. The summed E-state index contributed by atoms with van der Waals surface area (Å²) in [6.07, 6.45) is 0.280. The number of ether oxygens (including phenoxy) is 3. The van der Waals surface area contributed by atoms with Crippen molar-refractivity contribution in [2.45, 2.75) is 13.0 Å². The van der Waals surface area contributed by atoms with Crippen molar-refractivity contribution in [3.8, 4) is 16.9 Å². The van der Waals surface area contributed by atoms with Crippen LogP contribution in [0.4, 0.5) is 0 Å². The minimum Gasteiger partial charge on any atom is -0.468 e. The molecule has 0 aromatic heterocycles. The first kappa shape index (κ1) is 13.2. The molecule has 1 heterocycles. The molecule has 1 aliphatic heterocycles. The highest BCUT2D eigenvalue weighted by molar-refractivity contribution is 5.64. The first-order valence-electron chi connectivity index (χ1n) is 6.80. The van der Waals surface area contributed by atoms with Crippen LogP contribution in [0.15, 0.2) is 48.5 Å². The number of aryl methyl sites for hydroxylation is 1. The monoisotopic (exact) mass is 270 g/mol. The van der Waals surface area contributed by atoms with Crippen molar-refractivity contribution >= 4 is 0 Å². The molecule has 1 unspecified atom stereocenters. The quantitative estimate of drug-likeness (QED) is 0.458. The van der Waals surface area contributed by atoms with Crippen molar-refractivity contribution in [3.63, 3.8) is 0 Å². The molecule has 3 nitrogen and oxygen atoms in total. The summed E-state index contributed by atoms with van der Waals surface area (Å²) in [5, 5.41) is 0. The summed E-state index contributed by atoms with van der Waals surface area (Å²) in [7, 11) is 0. The summed E-state index contributed by atoms with van der Waals surface area (Å²) in [6.45, 7) is 3.78. The Bertz CT molecular complexity index is 541. The third-order valence-corrected chi connectivity index (χ3v) is 3.25. The highest BCUT2D eigenvalue weighted by Gasteiger charge is 2.22. The lowest BCUT2D eigenvalue weighted by Crippen LogP contribution is -2.07. The summed E-state index contributed by atoms with van der Waals surface area (Å²) >= 11 is 0. The Morgan fingerprint density at radius 2 is 1.60 bits per heavy atom. The Hall–Kier alpha value is -1.84. The van der Waals surface area contributed by atoms with Gasteiger partial charge >= 0.3 is 0 Å². The third-order valence-electron chi connectivity index (χ3n) is 3.25. The smallest absolute Gasteiger partial charge is 0.189 e. The van der Waals surface area contributed by atoms with Crippen molar-refractivity contribution in [1.29, 1.82) is 0 Å². The lowest BCUT2D eigenvalue weighted by Gasteiger charge is -2.07. The van der Waals surface area contributed by atoms with Gasteiger partial charge in [0.05, 0.1) is 13.2 Å². The predicted octanol–water partition coefficient (Wildman–Crippen LogP) is 3.41. The second kappa shape index (κ2) is 6.07. The van der Waals surface area contributed by atoms with Gasteiger partial charge in [0.2, 0.25) is 0 Å². The second-order valence-electron chi connectivity index (χ2n) is 4.98. The zero-order chi connectivity index (χ0) is 13.8. The topological polar surface area (TPSA) is 31.0 Å². The summed E-state index contributed by atoms with van der Waals surface area (Å²) in [5.74, 6) is 0.817. The van der Waals surface area contributed by atoms with E-state index >= 15 is 0 Å². The molecule has 0 saturated carbocycles. The molecular formula is C17H18O3. The predicted molar refractivity (Wildman–Crippen MR) is 77.8 cm³/mol. The molecule has 20 heavy (non-hydrogen) atoms. The largest absolute Gasteiger partial charge is 0.468 e. The maximum Gasteiger partial charge on any atom is 0.189 e. The van der Waals surface area contributed by atoms with E-state index in [1.54, 1.807) is 0 Å². The van der Waals surface area contributed by atoms with Gasteiger partial charge in [0, 0.05) is 0 Å². The van der Waals surface area contributed by atoms with Gasteiger partial charge in [-0.15, -0.1) is 0 Å². The fourth-order valence-corrected chi connectivity index (χ4v) is 1.94. The first-order chi connectivity index (χ1) is 9.81. The van der Waals surface area contributed by atoms with Gasteiger partial charge in [0.15, 0.2) is 6.79 Å². The molecule has 0 aliphatic carbocycles. The highest BCUT2D eigenvalue weighted by atomic mass is 16.7. The van der Waals surface area contributed by atoms with Crippen LogP contribution in [0.25, 0.3) is 11.1 Å². The molecule has 0 bridgehead atoms. The zero-order valence-corrected chi connectivity index (χ0v) is 11.5. The van der Waals surface area contributed by atoms with Gasteiger partial charge < -0.3 is 14.2 Å². The highest BCUT2D eigenvalue weighted by Crippen LogP contribution is 2.22. The minimum absolute atomic E-state index is 0.268. The van der Waals surface area contributed by atoms with Crippen LogP contribution < -0.4 is 4.74 Å². The number of rotatable bonds is 6. The Morgan fingerprint density at radius 1 is 1.00 bits per heavy atom. The summed E-state index contributed by atoms with van der Waals surface area (Å²) in [4.78, 5) is 0. The first-order valence-corrected chi connectivity index (χ1v) is 6.80. The van der Waals surface area contributed by atoms with E-state index in [-0.39, 0.29) is 12.9 Å². The zero-order valence-electron chi connectivity index (χ0n) is 11.5. The lowest BCUT2D eigenvalue weighted by atomic mass is 10.0. The lowest BCUT2D eigenvalue weighted by molar-refractivity contribution is 0.00822. The van der Waals surface area contributed by atoms with Gasteiger partial charge in [-0.25, -0.2) is 0 Å². The van der Waals surface area contributed by atoms with Crippen LogP contribution in [0.5, 0.6) is 5.75 Å². The van der Waals surface area contributed by atoms with Crippen LogP contribution in [-0.4, -0.2) is 26.1 Å². The van der Waals surface area contributed by atoms with Gasteiger partial charge in [-0.1, -0.05) is 42.0 Å². The van der Waals surface area contributed by atoms with Crippen molar-refractivity contribution in [3.05, 3.63) is 54.1 Å². The van der Waals surface area contributed by atoms with E-state index in [0.717, 1.165) is 12.4 Å². The number of epoxide rings is 1. The van der Waals surface area contributed by atoms with Crippen molar-refractivity contribution in [1.82, 2.24) is 0 Å². The summed E-state index contributed by atoms with van der Waals surface area (Å²) < 4.78 is 15.9. The average Bonchev–Trinajstić information content (AvgIpc) is 3.29. The fraction of sp³-hybridized carbons (Fsp3) is 0.294. The van der Waals surface area contributed by atoms with E-state index in [4.69, 9.17) is 14.2 Å². The fourth-order valence-electron chi connectivity index (χ4n) is 1.94. The maximum absolute atomic E-state index is 5.52. The number of hydrogen-bond donors (Lipinski definition) is 0. The Kier molecular flexibility index (Phi) is 4.00. The normalized spacial score (nSPS) is 16.9. The van der Waals surface area contributed by atoms with Crippen LogP contribution in [0.2, 0.25) is 0 Å². The van der Waals surface area contributed by atoms with Gasteiger partial charge in [-0.2, -0.15) is 0 Å². The van der Waals surface area contributed by atoms with Crippen LogP contribution in [0.3, 0.4) is 0 Å². The molecule has 1 aliphatic rings. The van der Waals surface area contributed by atoms with Gasteiger partial charge in [-0.05, 0) is 30.2 Å². The molecule has 1 saturated heterocycles. The molecule has 3 rings (SSSR count). The summed E-state index contributed by atoms with van der Waals surface area (Å²) in [5.41, 5.74) is 3.67. The number of hydrogen-bond acceptors (Lipinski definition) is 3. The van der Waals surface area contributed by atoms with Crippen molar-refractivity contribution in [2.24, 2.45) is 0 Å². The Balaban J connectivity index is 1.54. The van der Waals surface area contributed by atoms with E-state index in [1.807, 2.05) is 12.1 Å². The Labute approximate surface area is 119 Å². The molecule has 0 N–H and O–H groups in total. The van der Waals surface area contributed by atoms with E-state index in [0.29, 0.717) is 6.61 Å². The van der Waals surface area contributed by atoms with Crippen LogP contribution in [-0.2, 0) is 9.47 Å². The van der Waals surface area contributed by atoms with Crippen LogP contribution >= 0.6 is 0 Å². The molecule has 1 atom stereocenters. The minimum atomic E-state index is 0.268. The third kappa shape index (κ3) is 3.59. The standard InChI is InChI=1S/C17H18O3/c1-13-2-4-14(5-3-13)15-6-8-16(9-7-15)20-12-18-10-17-11-19-17/h2-9,17H,10-12H2,1H3. The van der Waals surface area contributed by atoms with Gasteiger partial charge in [0.1, 0.15) is 11.9 Å². The second-order valence-corrected chi connectivity index (χ2v) is 4.98. The molecule has 0 spiro atoms. The molecule has 104 valence electrons. The van der Waals surface area contributed by atoms with Crippen LogP contribution in [0, 0.1) is 6.92 Å². The SMILES string of the molecule is Cc1ccc(-c2ccc(OCOCC3CO3)cc2)cc1. The average molecular weight is 270 g/mol. The van der Waals surface area contributed by atoms with E-state index in [2.05, 4.69) is 43.3 Å². The molecular weight excluding hydrogens is 252 g/mol. The van der Waals surface area contributed by atoms with Gasteiger partial charge in [-0.3, -0.25) is 0 Å². The maximum atomic E-state index is 5.52. The molecule has 0 radical (unpaired) electrons. The van der Waals surface area contributed by atoms with Gasteiger partial charge in [0.25, 0.3) is 0 Å². The Morgan fingerprint density at radius 3 is 2.20 bits per heavy atom. The van der Waals surface area contributed by atoms with Crippen molar-refractivity contribution < 1.29 is 14.2 Å². The molecule has 0 amide bonds. The van der Waals surface area contributed by atoms with E-state index in [1.165, 1.54) is 16.7 Å². The molecule has 2 aromatic carbocycles. The van der Waals surface area contributed by atoms with Crippen molar-refractivity contribution in [2.75, 3.05) is 20.0 Å². The summed E-state index contributed by atoms with van der Waals surface area (Å²) in [6, 6.07) is 16.5. The van der Waals surface area contributed by atoms with E-state index in [9.17, 15) is 0 Å². The molecule has 3 heteroatoms. The molecule has 1 fully saturated rings.